The Morgan fingerprint density at radius 2 is 1.94 bits per heavy atom. The van der Waals surface area contributed by atoms with Crippen LogP contribution in [0.3, 0.4) is 0 Å². The van der Waals surface area contributed by atoms with Gasteiger partial charge in [-0.2, -0.15) is 5.26 Å². The molecule has 6 aliphatic rings. The van der Waals surface area contributed by atoms with Crippen molar-refractivity contribution in [3.63, 3.8) is 0 Å². The van der Waals surface area contributed by atoms with E-state index in [2.05, 4.69) is 44.9 Å². The van der Waals surface area contributed by atoms with Gasteiger partial charge in [0.2, 0.25) is 5.91 Å². The van der Waals surface area contributed by atoms with E-state index >= 15 is 0 Å². The molecule has 8 rings (SSSR count). The van der Waals surface area contributed by atoms with Crippen molar-refractivity contribution in [1.82, 2.24) is 25.2 Å². The lowest BCUT2D eigenvalue weighted by Crippen LogP contribution is -2.65. The second kappa shape index (κ2) is 7.62. The molecule has 1 spiro atoms. The Morgan fingerprint density at radius 1 is 1.14 bits per heavy atom. The summed E-state index contributed by atoms with van der Waals surface area (Å²) in [5.41, 5.74) is 1.53. The normalized spacial score (nSPS) is 31.6. The minimum absolute atomic E-state index is 0.0137. The first-order valence-corrected chi connectivity index (χ1v) is 13.2. The molecule has 4 aliphatic heterocycles. The molecule has 3 saturated heterocycles. The van der Waals surface area contributed by atoms with E-state index in [-0.39, 0.29) is 28.9 Å². The predicted molar refractivity (Wildman–Crippen MR) is 135 cm³/mol. The molecule has 2 aliphatic carbocycles. The highest BCUT2D eigenvalue weighted by atomic mass is 16.2. The van der Waals surface area contributed by atoms with Crippen molar-refractivity contribution in [2.24, 2.45) is 5.92 Å². The van der Waals surface area contributed by atoms with Gasteiger partial charge in [-0.25, -0.2) is 15.0 Å². The monoisotopic (exact) mass is 484 g/mol. The summed E-state index contributed by atoms with van der Waals surface area (Å²) >= 11 is 0. The van der Waals surface area contributed by atoms with Crippen LogP contribution in [0, 0.1) is 17.2 Å². The van der Waals surface area contributed by atoms with Gasteiger partial charge in [-0.05, 0) is 64.1 Å². The maximum atomic E-state index is 13.5. The number of aromatic nitrogens is 3. The van der Waals surface area contributed by atoms with Crippen LogP contribution < -0.4 is 15.1 Å². The minimum Gasteiger partial charge on any atom is -0.350 e. The quantitative estimate of drug-likeness (QED) is 0.709. The first-order chi connectivity index (χ1) is 17.4. The Labute approximate surface area is 211 Å². The van der Waals surface area contributed by atoms with Crippen LogP contribution in [0.15, 0.2) is 24.7 Å². The Morgan fingerprint density at radius 3 is 2.64 bits per heavy atom. The zero-order chi connectivity index (χ0) is 24.7. The Hall–Kier alpha value is -3.25. The lowest BCUT2D eigenvalue weighted by molar-refractivity contribution is -0.143. The fraction of sp³-hybridized carbons (Fsp3) is 0.593. The van der Waals surface area contributed by atoms with E-state index in [1.54, 1.807) is 18.6 Å². The van der Waals surface area contributed by atoms with E-state index in [0.29, 0.717) is 18.0 Å². The van der Waals surface area contributed by atoms with Crippen LogP contribution >= 0.6 is 0 Å². The first kappa shape index (κ1) is 22.0. The molecule has 6 heterocycles. The topological polar surface area (TPSA) is 101 Å². The number of pyridine rings is 1. The maximum Gasteiger partial charge on any atom is 0.243 e. The third kappa shape index (κ3) is 2.97. The number of carbonyl (C=O) groups excluding carboxylic acids is 1. The molecule has 2 aromatic heterocycles. The lowest BCUT2D eigenvalue weighted by Gasteiger charge is -2.49. The van der Waals surface area contributed by atoms with Crippen LogP contribution in [0.25, 0.3) is 0 Å². The van der Waals surface area contributed by atoms with E-state index in [4.69, 9.17) is 9.97 Å². The number of rotatable bonds is 3. The van der Waals surface area contributed by atoms with Gasteiger partial charge in [0, 0.05) is 48.9 Å². The van der Waals surface area contributed by atoms with Gasteiger partial charge in [0.1, 0.15) is 23.8 Å². The van der Waals surface area contributed by atoms with Crippen LogP contribution in [0.5, 0.6) is 0 Å². The molecule has 0 unspecified atom stereocenters. The summed E-state index contributed by atoms with van der Waals surface area (Å²) < 4.78 is 0. The van der Waals surface area contributed by atoms with E-state index < -0.39 is 0 Å². The molecule has 36 heavy (non-hydrogen) atoms. The molecule has 2 bridgehead atoms. The molecule has 9 nitrogen and oxygen atoms in total. The average Bonchev–Trinajstić information content (AvgIpc) is 3.56. The average molecular weight is 485 g/mol. The zero-order valence-electron chi connectivity index (χ0n) is 20.9. The van der Waals surface area contributed by atoms with Gasteiger partial charge in [0.05, 0.1) is 17.2 Å². The standard InChI is InChI=1S/C27H32N8O/c1-17-14-34(25(36)27-9-20(10-27)12-32-27)18(2)13-33(17)23-22-24(31-16-30-23)35(15-26(22)5-3-6-26)21-8-19(11-28)4-7-29-21/h4,7-8,16-18,20,32H,3,5-6,9-10,12-15H2,1-2H3/t17-,18+,20?,27?/m0/s1. The van der Waals surface area contributed by atoms with Crippen molar-refractivity contribution in [1.29, 1.82) is 5.26 Å². The van der Waals surface area contributed by atoms with Crippen molar-refractivity contribution in [2.75, 3.05) is 36.0 Å². The highest BCUT2D eigenvalue weighted by Gasteiger charge is 2.58. The van der Waals surface area contributed by atoms with Gasteiger partial charge in [-0.15, -0.1) is 0 Å². The Kier molecular flexibility index (Phi) is 4.66. The molecule has 2 aromatic rings. The predicted octanol–water partition coefficient (Wildman–Crippen LogP) is 2.49. The highest BCUT2D eigenvalue weighted by Crippen LogP contribution is 2.56. The summed E-state index contributed by atoms with van der Waals surface area (Å²) in [7, 11) is 0. The molecule has 1 amide bonds. The van der Waals surface area contributed by atoms with Gasteiger partial charge < -0.3 is 20.0 Å². The lowest BCUT2D eigenvalue weighted by atomic mass is 9.66. The number of carbonyl (C=O) groups is 1. The van der Waals surface area contributed by atoms with Crippen LogP contribution in [-0.2, 0) is 10.2 Å². The van der Waals surface area contributed by atoms with Crippen LogP contribution in [0.4, 0.5) is 17.5 Å². The number of fused-ring (bicyclic) bond motifs is 3. The summed E-state index contributed by atoms with van der Waals surface area (Å²) in [6.07, 6.45) is 8.75. The number of hydrogen-bond donors (Lipinski definition) is 1. The molecule has 186 valence electrons. The number of nitrogens with one attached hydrogen (secondary N) is 1. The molecular weight excluding hydrogens is 452 g/mol. The number of amides is 1. The van der Waals surface area contributed by atoms with Crippen molar-refractivity contribution in [3.05, 3.63) is 35.8 Å². The van der Waals surface area contributed by atoms with Crippen LogP contribution in [0.2, 0.25) is 0 Å². The summed E-state index contributed by atoms with van der Waals surface area (Å²) in [5, 5.41) is 12.9. The molecule has 2 saturated carbocycles. The maximum absolute atomic E-state index is 13.5. The highest BCUT2D eigenvalue weighted by molar-refractivity contribution is 5.89. The number of piperazine rings is 1. The molecule has 9 heteroatoms. The molecule has 5 fully saturated rings. The third-order valence-corrected chi connectivity index (χ3v) is 9.45. The van der Waals surface area contributed by atoms with Gasteiger partial charge in [0.15, 0.2) is 0 Å². The summed E-state index contributed by atoms with van der Waals surface area (Å²) in [5.74, 6) is 3.65. The number of hydrogen-bond acceptors (Lipinski definition) is 8. The van der Waals surface area contributed by atoms with E-state index in [9.17, 15) is 10.1 Å². The number of nitriles is 1. The van der Waals surface area contributed by atoms with Crippen molar-refractivity contribution < 1.29 is 4.79 Å². The van der Waals surface area contributed by atoms with Crippen molar-refractivity contribution >= 4 is 23.4 Å². The summed E-state index contributed by atoms with van der Waals surface area (Å²) in [6, 6.07) is 6.08. The minimum atomic E-state index is -0.307. The van der Waals surface area contributed by atoms with Crippen molar-refractivity contribution in [2.45, 2.75) is 69.0 Å². The number of anilines is 3. The van der Waals surface area contributed by atoms with Gasteiger partial charge in [0.25, 0.3) is 0 Å². The molecular formula is C27H32N8O. The van der Waals surface area contributed by atoms with Crippen LogP contribution in [0.1, 0.15) is 57.1 Å². The molecule has 0 aromatic carbocycles. The Bertz CT molecular complexity index is 1270. The van der Waals surface area contributed by atoms with Gasteiger partial charge in [-0.1, -0.05) is 6.42 Å². The van der Waals surface area contributed by atoms with Crippen LogP contribution in [-0.4, -0.2) is 69.6 Å². The van der Waals surface area contributed by atoms with E-state index in [0.717, 1.165) is 62.8 Å². The molecule has 1 N–H and O–H groups in total. The second-order valence-electron chi connectivity index (χ2n) is 11.7. The summed E-state index contributed by atoms with van der Waals surface area (Å²) in [6.45, 7) is 7.63. The third-order valence-electron chi connectivity index (χ3n) is 9.45. The van der Waals surface area contributed by atoms with Gasteiger partial charge >= 0.3 is 0 Å². The smallest absolute Gasteiger partial charge is 0.243 e. The van der Waals surface area contributed by atoms with Gasteiger partial charge in [-0.3, -0.25) is 4.79 Å². The van der Waals surface area contributed by atoms with Crippen molar-refractivity contribution in [3.8, 4) is 6.07 Å². The largest absolute Gasteiger partial charge is 0.350 e. The molecule has 2 atom stereocenters. The second-order valence-corrected chi connectivity index (χ2v) is 11.7. The fourth-order valence-electron chi connectivity index (χ4n) is 7.34. The first-order valence-electron chi connectivity index (χ1n) is 13.2. The number of nitrogens with zero attached hydrogens (tertiary/aromatic N) is 7. The SMILES string of the molecule is C[C@@H]1CN(c2ncnc3c2C2(CCC2)CN3c2cc(C#N)ccn2)[C@@H](C)CN1C(=O)C12CC(CN1)C2. The Balaban J connectivity index is 1.22. The molecule has 0 radical (unpaired) electrons. The summed E-state index contributed by atoms with van der Waals surface area (Å²) in [4.78, 5) is 34.4. The van der Waals surface area contributed by atoms with E-state index in [1.165, 1.54) is 12.0 Å². The fourth-order valence-corrected chi connectivity index (χ4v) is 7.34. The van der Waals surface area contributed by atoms with E-state index in [1.807, 2.05) is 6.07 Å². The zero-order valence-corrected chi connectivity index (χ0v) is 20.9.